The molecule has 4 aliphatic carbocycles. The van der Waals surface area contributed by atoms with Gasteiger partial charge >= 0.3 is 0 Å². The molecule has 2 N–H and O–H groups in total. The van der Waals surface area contributed by atoms with E-state index in [2.05, 4.69) is 29.6 Å². The summed E-state index contributed by atoms with van der Waals surface area (Å²) in [7, 11) is -1.12. The van der Waals surface area contributed by atoms with Crippen LogP contribution in [0.4, 0.5) is 0 Å². The van der Waals surface area contributed by atoms with E-state index in [1.807, 2.05) is 4.31 Å². The highest BCUT2D eigenvalue weighted by atomic mass is 32.3. The first kappa shape index (κ1) is 30.7. The molecule has 41 heavy (non-hydrogen) atoms. The highest BCUT2D eigenvalue weighted by Crippen LogP contribution is 2.44. The van der Waals surface area contributed by atoms with E-state index in [4.69, 9.17) is 8.92 Å². The molecule has 1 aliphatic heterocycles. The van der Waals surface area contributed by atoms with E-state index < -0.39 is 10.4 Å². The molecule has 5 aliphatic rings. The number of carbonyl (C=O) groups is 1. The molecule has 2 saturated carbocycles. The summed E-state index contributed by atoms with van der Waals surface area (Å²) in [5, 5.41) is 11.4. The maximum absolute atomic E-state index is 13.8. The molecule has 3 atom stereocenters. The summed E-state index contributed by atoms with van der Waals surface area (Å²) in [5.74, 6) is 2.66. The topological polar surface area (TPSA) is 97.7 Å². The fourth-order valence-corrected chi connectivity index (χ4v) is 8.91. The maximum Gasteiger partial charge on any atom is 0.290 e. The first-order valence-corrected chi connectivity index (χ1v) is 17.8. The molecular formula is C31H52N5O4S+. The van der Waals surface area contributed by atoms with Crippen molar-refractivity contribution in [3.63, 3.8) is 0 Å². The van der Waals surface area contributed by atoms with E-state index >= 15 is 0 Å². The fourth-order valence-electron chi connectivity index (χ4n) is 7.55. The first-order valence-electron chi connectivity index (χ1n) is 16.0. The van der Waals surface area contributed by atoms with Crippen molar-refractivity contribution < 1.29 is 17.9 Å². The van der Waals surface area contributed by atoms with Gasteiger partial charge in [0, 0.05) is 5.70 Å². The van der Waals surface area contributed by atoms with Crippen molar-refractivity contribution in [3.05, 3.63) is 23.0 Å². The third-order valence-corrected chi connectivity index (χ3v) is 11.8. The third-order valence-electron chi connectivity index (χ3n) is 9.88. The average molecular weight is 591 g/mol. The lowest BCUT2D eigenvalue weighted by molar-refractivity contribution is 0.0949. The zero-order valence-corrected chi connectivity index (χ0v) is 26.5. The standard InChI is InChI=1S/C31H51N5O4S/c1-22-16-23(2)29(26-18-25(17-22)19-26)34-30(37)28-20-33-35(31(28)40-21-24-8-6-5-7-9-24)14-15-36(41(4,38)39-3)27-10-12-32-13-11-27/h20,22-25,27,32H,5-19,21H2,1-4H3/p+1. The Labute approximate surface area is 247 Å². The van der Waals surface area contributed by atoms with Gasteiger partial charge in [0.15, 0.2) is 6.26 Å². The number of nitrogens with one attached hydrogen (secondary N) is 2. The monoisotopic (exact) mass is 590 g/mol. The zero-order chi connectivity index (χ0) is 29.0. The Morgan fingerprint density at radius 1 is 1.15 bits per heavy atom. The number of fused-ring (bicyclic) bond motifs is 4. The van der Waals surface area contributed by atoms with Crippen LogP contribution in [0, 0.1) is 23.7 Å². The van der Waals surface area contributed by atoms with Crippen LogP contribution in [0.25, 0.3) is 0 Å². The van der Waals surface area contributed by atoms with Crippen molar-refractivity contribution >= 4 is 16.3 Å². The molecule has 0 radical (unpaired) electrons. The molecule has 3 fully saturated rings. The molecule has 6 rings (SSSR count). The zero-order valence-electron chi connectivity index (χ0n) is 25.7. The second-order valence-electron chi connectivity index (χ2n) is 13.1. The van der Waals surface area contributed by atoms with E-state index in [1.54, 1.807) is 17.1 Å². The smallest absolute Gasteiger partial charge is 0.290 e. The molecule has 230 valence electrons. The van der Waals surface area contributed by atoms with Gasteiger partial charge in [0.1, 0.15) is 5.56 Å². The maximum atomic E-state index is 13.8. The number of ether oxygens (including phenoxy) is 1. The first-order chi connectivity index (χ1) is 19.7. The van der Waals surface area contributed by atoms with Crippen LogP contribution in [0.1, 0.15) is 94.8 Å². The second kappa shape index (κ2) is 13.7. The van der Waals surface area contributed by atoms with Crippen molar-refractivity contribution in [1.82, 2.24) is 24.7 Å². The Hall–Kier alpha value is -1.75. The quantitative estimate of drug-likeness (QED) is 0.354. The van der Waals surface area contributed by atoms with Gasteiger partial charge in [-0.05, 0) is 97.9 Å². The molecule has 0 spiro atoms. The molecule has 2 bridgehead atoms. The highest BCUT2D eigenvalue weighted by molar-refractivity contribution is 7.95. The number of hydrogen-bond donors (Lipinski definition) is 2. The summed E-state index contributed by atoms with van der Waals surface area (Å²) < 4.78 is 29.2. The van der Waals surface area contributed by atoms with Crippen molar-refractivity contribution in [1.29, 1.82) is 0 Å². The van der Waals surface area contributed by atoms with E-state index in [1.165, 1.54) is 38.4 Å². The van der Waals surface area contributed by atoms with Crippen LogP contribution in [0.2, 0.25) is 0 Å². The lowest BCUT2D eigenvalue weighted by Crippen LogP contribution is -2.49. The van der Waals surface area contributed by atoms with E-state index in [-0.39, 0.29) is 11.9 Å². The molecule has 1 aromatic rings. The average Bonchev–Trinajstić information content (AvgIpc) is 3.35. The lowest BCUT2D eigenvalue weighted by atomic mass is 9.69. The minimum absolute atomic E-state index is 0.132. The van der Waals surface area contributed by atoms with Crippen molar-refractivity contribution in [2.75, 3.05) is 39.6 Å². The van der Waals surface area contributed by atoms with Gasteiger partial charge in [0.2, 0.25) is 5.88 Å². The summed E-state index contributed by atoms with van der Waals surface area (Å²) in [6.45, 7) is 7.95. The normalized spacial score (nSPS) is 27.6. The van der Waals surface area contributed by atoms with Gasteiger partial charge in [-0.15, -0.1) is 0 Å². The molecule has 1 aromatic heterocycles. The summed E-state index contributed by atoms with van der Waals surface area (Å²) in [4.78, 5) is 13.8. The SMILES string of the molecule is CO[S+](C)(=O)N(CCn1ncc(C(=O)NC2=C3CC(C3)CC(C)CC2C)c1OCC1CCCCC1)C1CCNCC1. The Morgan fingerprint density at radius 2 is 1.88 bits per heavy atom. The van der Waals surface area contributed by atoms with Gasteiger partial charge in [-0.2, -0.15) is 9.28 Å². The van der Waals surface area contributed by atoms with Gasteiger partial charge in [-0.1, -0.05) is 37.4 Å². The van der Waals surface area contributed by atoms with E-state index in [0.29, 0.717) is 48.9 Å². The largest absolute Gasteiger partial charge is 0.477 e. The van der Waals surface area contributed by atoms with Crippen molar-refractivity contribution in [2.45, 2.75) is 97.1 Å². The highest BCUT2D eigenvalue weighted by Gasteiger charge is 2.39. The molecule has 10 heteroatoms. The van der Waals surface area contributed by atoms with Crippen LogP contribution in [0.3, 0.4) is 0 Å². The van der Waals surface area contributed by atoms with E-state index in [9.17, 15) is 9.00 Å². The number of amides is 1. The third kappa shape index (κ3) is 7.43. The van der Waals surface area contributed by atoms with Crippen LogP contribution in [-0.2, 0) is 25.3 Å². The molecule has 2 heterocycles. The van der Waals surface area contributed by atoms with Gasteiger partial charge in [-0.3, -0.25) is 4.79 Å². The van der Waals surface area contributed by atoms with Gasteiger partial charge in [0.05, 0.1) is 39.0 Å². The second-order valence-corrected chi connectivity index (χ2v) is 15.4. The van der Waals surface area contributed by atoms with Crippen molar-refractivity contribution in [2.24, 2.45) is 23.7 Å². The minimum Gasteiger partial charge on any atom is -0.477 e. The number of carbonyl (C=O) groups excluding carboxylic acids is 1. The molecular weight excluding hydrogens is 538 g/mol. The van der Waals surface area contributed by atoms with Crippen LogP contribution in [0.5, 0.6) is 5.88 Å². The Balaban J connectivity index is 1.35. The number of hydrogen-bond acceptors (Lipinski definition) is 6. The molecule has 3 unspecified atom stereocenters. The Morgan fingerprint density at radius 3 is 2.59 bits per heavy atom. The number of allylic oxidation sites excluding steroid dienone is 2. The number of aromatic nitrogens is 2. The van der Waals surface area contributed by atoms with Gasteiger partial charge < -0.3 is 15.4 Å². The van der Waals surface area contributed by atoms with Crippen LogP contribution in [0.15, 0.2) is 17.5 Å². The van der Waals surface area contributed by atoms with Crippen molar-refractivity contribution in [3.8, 4) is 5.88 Å². The lowest BCUT2D eigenvalue weighted by Gasteiger charge is -2.39. The Bertz CT molecular complexity index is 1120. The van der Waals surface area contributed by atoms with Crippen LogP contribution in [-0.4, -0.2) is 65.6 Å². The summed E-state index contributed by atoms with van der Waals surface area (Å²) in [6.07, 6.45) is 15.9. The fraction of sp³-hybridized carbons (Fsp3) is 0.806. The Kier molecular flexibility index (Phi) is 10.3. The minimum atomic E-state index is -2.63. The van der Waals surface area contributed by atoms with E-state index in [0.717, 1.165) is 69.7 Å². The molecule has 0 aromatic carbocycles. The number of nitrogens with zero attached hydrogens (tertiary/aromatic N) is 3. The predicted molar refractivity (Wildman–Crippen MR) is 163 cm³/mol. The number of piperidine rings is 1. The molecule has 9 nitrogen and oxygen atoms in total. The summed E-state index contributed by atoms with van der Waals surface area (Å²) >= 11 is 0. The van der Waals surface area contributed by atoms with Gasteiger partial charge in [0.25, 0.3) is 16.3 Å². The molecule has 1 amide bonds. The summed E-state index contributed by atoms with van der Waals surface area (Å²) in [5.41, 5.74) is 3.02. The van der Waals surface area contributed by atoms with Gasteiger partial charge in [-0.25, -0.2) is 4.68 Å². The molecule has 1 saturated heterocycles. The number of rotatable bonds is 11. The van der Waals surface area contributed by atoms with Crippen LogP contribution < -0.4 is 15.4 Å². The summed E-state index contributed by atoms with van der Waals surface area (Å²) in [6, 6.07) is 0.168. The predicted octanol–water partition coefficient (Wildman–Crippen LogP) is 4.96. The van der Waals surface area contributed by atoms with Crippen LogP contribution >= 0.6 is 0 Å².